The molecular weight excluding hydrogens is 338 g/mol. The maximum Gasteiger partial charge on any atom is 0.222 e. The van der Waals surface area contributed by atoms with Crippen molar-refractivity contribution in [3.8, 4) is 0 Å². The van der Waals surface area contributed by atoms with Gasteiger partial charge in [-0.05, 0) is 31.6 Å². The topological polar surface area (TPSA) is 65.9 Å². The summed E-state index contributed by atoms with van der Waals surface area (Å²) in [4.78, 5) is 22.6. The first kappa shape index (κ1) is 18.8. The van der Waals surface area contributed by atoms with Crippen LogP contribution in [0.2, 0.25) is 0 Å². The Morgan fingerprint density at radius 2 is 2.12 bits per heavy atom. The number of rotatable bonds is 6. The number of aliphatic hydroxyl groups is 1. The van der Waals surface area contributed by atoms with Gasteiger partial charge in [-0.25, -0.2) is 4.98 Å². The molecule has 0 aliphatic carbocycles. The number of aliphatic hydroxyl groups excluding tert-OH is 1. The molecule has 3 heterocycles. The summed E-state index contributed by atoms with van der Waals surface area (Å²) in [7, 11) is 0. The standard InChI is InChI=1S/C18H29N3O3S/c1-14-17(25-13-19-14)2-3-18(23)21-10-15(8-16(11-21)12-22)9-20-4-6-24-7-5-20/h13,15-16,22H,2-12H2,1H3/t15-,16-/m0/s1. The zero-order valence-electron chi connectivity index (χ0n) is 15.0. The number of carbonyl (C=O) groups excluding carboxylic acids is 1. The van der Waals surface area contributed by atoms with Crippen LogP contribution in [0, 0.1) is 18.8 Å². The molecular formula is C18H29N3O3S. The van der Waals surface area contributed by atoms with E-state index in [1.54, 1.807) is 11.3 Å². The average Bonchev–Trinajstić information content (AvgIpc) is 3.05. The first-order valence-electron chi connectivity index (χ1n) is 9.23. The molecule has 7 heteroatoms. The molecule has 2 aliphatic rings. The fraction of sp³-hybridized carbons (Fsp3) is 0.778. The lowest BCUT2D eigenvalue weighted by molar-refractivity contribution is -0.134. The van der Waals surface area contributed by atoms with Crippen LogP contribution in [-0.4, -0.2) is 78.3 Å². The van der Waals surface area contributed by atoms with E-state index in [1.165, 1.54) is 4.88 Å². The number of aryl methyl sites for hydroxylation is 2. The lowest BCUT2D eigenvalue weighted by Crippen LogP contribution is -2.49. The highest BCUT2D eigenvalue weighted by molar-refractivity contribution is 7.09. The number of hydrogen-bond donors (Lipinski definition) is 1. The molecule has 140 valence electrons. The summed E-state index contributed by atoms with van der Waals surface area (Å²) >= 11 is 1.63. The van der Waals surface area contributed by atoms with E-state index in [0.29, 0.717) is 18.9 Å². The molecule has 2 saturated heterocycles. The molecule has 2 aliphatic heterocycles. The molecule has 0 saturated carbocycles. The maximum atomic E-state index is 12.7. The van der Waals surface area contributed by atoms with E-state index in [0.717, 1.165) is 57.9 Å². The molecule has 3 rings (SSSR count). The van der Waals surface area contributed by atoms with Crippen LogP contribution in [0.1, 0.15) is 23.4 Å². The van der Waals surface area contributed by atoms with Crippen LogP contribution in [0.25, 0.3) is 0 Å². The minimum atomic E-state index is 0.164. The smallest absolute Gasteiger partial charge is 0.222 e. The fourth-order valence-electron chi connectivity index (χ4n) is 3.88. The minimum Gasteiger partial charge on any atom is -0.396 e. The summed E-state index contributed by atoms with van der Waals surface area (Å²) in [6.07, 6.45) is 2.31. The first-order chi connectivity index (χ1) is 12.2. The van der Waals surface area contributed by atoms with Crippen LogP contribution >= 0.6 is 11.3 Å². The number of piperidine rings is 1. The number of thiazole rings is 1. The highest BCUT2D eigenvalue weighted by Crippen LogP contribution is 2.24. The normalized spacial score (nSPS) is 25.3. The van der Waals surface area contributed by atoms with E-state index in [1.807, 2.05) is 17.3 Å². The van der Waals surface area contributed by atoms with Crippen molar-refractivity contribution in [1.82, 2.24) is 14.8 Å². The molecule has 1 amide bonds. The lowest BCUT2D eigenvalue weighted by Gasteiger charge is -2.40. The van der Waals surface area contributed by atoms with E-state index in [-0.39, 0.29) is 18.4 Å². The summed E-state index contributed by atoms with van der Waals surface area (Å²) in [6.45, 7) is 8.20. The summed E-state index contributed by atoms with van der Waals surface area (Å²) in [5.41, 5.74) is 2.88. The van der Waals surface area contributed by atoms with Crippen LogP contribution in [-0.2, 0) is 16.0 Å². The lowest BCUT2D eigenvalue weighted by atomic mass is 9.89. The van der Waals surface area contributed by atoms with E-state index in [4.69, 9.17) is 4.74 Å². The Kier molecular flexibility index (Phi) is 6.81. The molecule has 0 bridgehead atoms. The van der Waals surface area contributed by atoms with Gasteiger partial charge in [0, 0.05) is 50.6 Å². The molecule has 1 aromatic rings. The Morgan fingerprint density at radius 3 is 2.80 bits per heavy atom. The van der Waals surface area contributed by atoms with Gasteiger partial charge in [0.1, 0.15) is 0 Å². The largest absolute Gasteiger partial charge is 0.396 e. The number of ether oxygens (including phenoxy) is 1. The minimum absolute atomic E-state index is 0.164. The van der Waals surface area contributed by atoms with Gasteiger partial charge in [0.25, 0.3) is 0 Å². The molecule has 0 spiro atoms. The van der Waals surface area contributed by atoms with Gasteiger partial charge >= 0.3 is 0 Å². The molecule has 25 heavy (non-hydrogen) atoms. The molecule has 0 unspecified atom stereocenters. The van der Waals surface area contributed by atoms with E-state index in [2.05, 4.69) is 9.88 Å². The number of morpholine rings is 1. The Hall–Kier alpha value is -1.02. The molecule has 1 N–H and O–H groups in total. The third-order valence-corrected chi connectivity index (χ3v) is 6.26. The summed E-state index contributed by atoms with van der Waals surface area (Å²) < 4.78 is 5.42. The van der Waals surface area contributed by atoms with Gasteiger partial charge in [0.05, 0.1) is 24.4 Å². The SMILES string of the molecule is Cc1ncsc1CCC(=O)N1C[C@@H](CO)C[C@@H](CN2CCOCC2)C1. The van der Waals surface area contributed by atoms with Crippen molar-refractivity contribution >= 4 is 17.2 Å². The predicted octanol–water partition coefficient (Wildman–Crippen LogP) is 1.17. The van der Waals surface area contributed by atoms with Crippen molar-refractivity contribution < 1.29 is 14.6 Å². The van der Waals surface area contributed by atoms with Gasteiger partial charge < -0.3 is 14.7 Å². The number of carbonyl (C=O) groups is 1. The zero-order chi connectivity index (χ0) is 17.6. The highest BCUT2D eigenvalue weighted by Gasteiger charge is 2.30. The summed E-state index contributed by atoms with van der Waals surface area (Å²) in [5.74, 6) is 0.852. The van der Waals surface area contributed by atoms with Gasteiger partial charge in [-0.15, -0.1) is 11.3 Å². The van der Waals surface area contributed by atoms with Crippen molar-refractivity contribution in [2.24, 2.45) is 11.8 Å². The van der Waals surface area contributed by atoms with Crippen molar-refractivity contribution in [3.05, 3.63) is 16.1 Å². The van der Waals surface area contributed by atoms with Gasteiger partial charge in [0.15, 0.2) is 0 Å². The van der Waals surface area contributed by atoms with Gasteiger partial charge in [-0.3, -0.25) is 9.69 Å². The zero-order valence-corrected chi connectivity index (χ0v) is 15.8. The van der Waals surface area contributed by atoms with E-state index >= 15 is 0 Å². The second-order valence-corrected chi connectivity index (χ2v) is 8.16. The molecule has 2 fully saturated rings. The monoisotopic (exact) mass is 367 g/mol. The Labute approximate surface area is 153 Å². The number of nitrogens with zero attached hydrogens (tertiary/aromatic N) is 3. The third-order valence-electron chi connectivity index (χ3n) is 5.27. The second-order valence-electron chi connectivity index (χ2n) is 7.22. The van der Waals surface area contributed by atoms with Crippen molar-refractivity contribution in [1.29, 1.82) is 0 Å². The van der Waals surface area contributed by atoms with E-state index in [9.17, 15) is 9.90 Å². The Bertz CT molecular complexity index is 560. The second kappa shape index (κ2) is 9.07. The Morgan fingerprint density at radius 1 is 1.36 bits per heavy atom. The number of hydrogen-bond acceptors (Lipinski definition) is 6. The highest BCUT2D eigenvalue weighted by atomic mass is 32.1. The van der Waals surface area contributed by atoms with Crippen LogP contribution in [0.5, 0.6) is 0 Å². The fourth-order valence-corrected chi connectivity index (χ4v) is 4.66. The first-order valence-corrected chi connectivity index (χ1v) is 10.1. The van der Waals surface area contributed by atoms with Crippen molar-refractivity contribution in [2.45, 2.75) is 26.2 Å². The molecule has 2 atom stereocenters. The molecule has 6 nitrogen and oxygen atoms in total. The van der Waals surface area contributed by atoms with Crippen molar-refractivity contribution in [2.75, 3.05) is 52.5 Å². The third kappa shape index (κ3) is 5.23. The molecule has 0 aromatic carbocycles. The number of likely N-dealkylation sites (tertiary alicyclic amines) is 1. The molecule has 1 aromatic heterocycles. The quantitative estimate of drug-likeness (QED) is 0.818. The van der Waals surface area contributed by atoms with Gasteiger partial charge in [-0.1, -0.05) is 0 Å². The van der Waals surface area contributed by atoms with Crippen LogP contribution in [0.4, 0.5) is 0 Å². The van der Waals surface area contributed by atoms with Crippen LogP contribution < -0.4 is 0 Å². The summed E-state index contributed by atoms with van der Waals surface area (Å²) in [6, 6.07) is 0. The van der Waals surface area contributed by atoms with Gasteiger partial charge in [-0.2, -0.15) is 0 Å². The Balaban J connectivity index is 1.53. The number of aromatic nitrogens is 1. The maximum absolute atomic E-state index is 12.7. The van der Waals surface area contributed by atoms with Gasteiger partial charge in [0.2, 0.25) is 5.91 Å². The van der Waals surface area contributed by atoms with Crippen LogP contribution in [0.3, 0.4) is 0 Å². The number of amides is 1. The molecule has 0 radical (unpaired) electrons. The summed E-state index contributed by atoms with van der Waals surface area (Å²) in [5, 5.41) is 9.65. The van der Waals surface area contributed by atoms with Crippen molar-refractivity contribution in [3.63, 3.8) is 0 Å². The predicted molar refractivity (Wildman–Crippen MR) is 97.7 cm³/mol. The van der Waals surface area contributed by atoms with Crippen LogP contribution in [0.15, 0.2) is 5.51 Å². The average molecular weight is 368 g/mol. The van der Waals surface area contributed by atoms with E-state index < -0.39 is 0 Å².